The fourth-order valence-corrected chi connectivity index (χ4v) is 3.78. The van der Waals surface area contributed by atoms with Crippen molar-refractivity contribution in [3.8, 4) is 0 Å². The molecule has 0 aromatic rings. The Kier molecular flexibility index (Phi) is 2.74. The number of thiol groups is 1. The number of hydrogen-bond donors (Lipinski definition) is 1. The van der Waals surface area contributed by atoms with Crippen LogP contribution in [0.5, 0.6) is 0 Å². The van der Waals surface area contributed by atoms with E-state index in [1.807, 2.05) is 0 Å². The summed E-state index contributed by atoms with van der Waals surface area (Å²) in [5.41, 5.74) is 0. The molecule has 1 saturated heterocycles. The van der Waals surface area contributed by atoms with E-state index in [0.29, 0.717) is 11.8 Å². The molecule has 1 heterocycles. The predicted molar refractivity (Wildman–Crippen MR) is 67.4 cm³/mol. The number of nitrogens with zero attached hydrogens (tertiary/aromatic N) is 1. The van der Waals surface area contributed by atoms with Gasteiger partial charge in [0.05, 0.1) is 0 Å². The lowest BCUT2D eigenvalue weighted by molar-refractivity contribution is -0.128. The maximum Gasteiger partial charge on any atom is 0.222 e. The van der Waals surface area contributed by atoms with Crippen molar-refractivity contribution in [1.29, 1.82) is 0 Å². The van der Waals surface area contributed by atoms with E-state index in [9.17, 15) is 4.79 Å². The summed E-state index contributed by atoms with van der Waals surface area (Å²) in [4.78, 5) is 13.9. The van der Waals surface area contributed by atoms with Gasteiger partial charge in [-0.2, -0.15) is 12.6 Å². The predicted octanol–water partition coefficient (Wildman–Crippen LogP) is 1.98. The van der Waals surface area contributed by atoms with Crippen LogP contribution in [-0.4, -0.2) is 29.6 Å². The Morgan fingerprint density at radius 1 is 1.38 bits per heavy atom. The Labute approximate surface area is 102 Å². The van der Waals surface area contributed by atoms with Gasteiger partial charge in [0.15, 0.2) is 0 Å². The zero-order valence-corrected chi connectivity index (χ0v) is 10.4. The fourth-order valence-electron chi connectivity index (χ4n) is 3.54. The highest BCUT2D eigenvalue weighted by atomic mass is 32.1. The minimum Gasteiger partial charge on any atom is -0.342 e. The lowest BCUT2D eigenvalue weighted by Crippen LogP contribution is -2.32. The number of likely N-dealkylation sites (tertiary alicyclic amines) is 1. The molecule has 16 heavy (non-hydrogen) atoms. The second-order valence-electron chi connectivity index (χ2n) is 5.59. The standard InChI is InChI=1S/C13H19NOS/c15-13-5-10(8-16)6-14(13)7-12-4-9-1-2-11(12)3-9/h1-2,9-12,16H,3-8H2. The first-order chi connectivity index (χ1) is 7.76. The molecule has 2 fully saturated rings. The van der Waals surface area contributed by atoms with Crippen LogP contribution in [0.25, 0.3) is 0 Å². The molecular formula is C13H19NOS. The van der Waals surface area contributed by atoms with Gasteiger partial charge in [0, 0.05) is 19.5 Å². The Morgan fingerprint density at radius 2 is 2.25 bits per heavy atom. The van der Waals surface area contributed by atoms with E-state index in [1.54, 1.807) is 0 Å². The first-order valence-corrected chi connectivity index (χ1v) is 6.96. The number of carbonyl (C=O) groups excluding carboxylic acids is 1. The van der Waals surface area contributed by atoms with Gasteiger partial charge in [-0.3, -0.25) is 4.79 Å². The third-order valence-electron chi connectivity index (χ3n) is 4.42. The Hall–Kier alpha value is -0.440. The number of rotatable bonds is 3. The van der Waals surface area contributed by atoms with Crippen molar-refractivity contribution >= 4 is 18.5 Å². The highest BCUT2D eigenvalue weighted by Gasteiger charge is 2.38. The van der Waals surface area contributed by atoms with Crippen molar-refractivity contribution in [2.24, 2.45) is 23.7 Å². The normalized spacial score (nSPS) is 41.3. The van der Waals surface area contributed by atoms with Gasteiger partial charge in [0.1, 0.15) is 0 Å². The lowest BCUT2D eigenvalue weighted by Gasteiger charge is -2.25. The molecule has 1 saturated carbocycles. The van der Waals surface area contributed by atoms with Crippen molar-refractivity contribution in [2.75, 3.05) is 18.8 Å². The van der Waals surface area contributed by atoms with Crippen molar-refractivity contribution in [3.05, 3.63) is 12.2 Å². The number of allylic oxidation sites excluding steroid dienone is 2. The molecule has 3 aliphatic rings. The number of fused-ring (bicyclic) bond motifs is 2. The third kappa shape index (κ3) is 1.79. The largest absolute Gasteiger partial charge is 0.342 e. The number of hydrogen-bond acceptors (Lipinski definition) is 2. The molecule has 0 aromatic heterocycles. The van der Waals surface area contributed by atoms with Crippen LogP contribution in [0.1, 0.15) is 19.3 Å². The molecule has 1 amide bonds. The molecule has 0 radical (unpaired) electrons. The van der Waals surface area contributed by atoms with Gasteiger partial charge in [-0.25, -0.2) is 0 Å². The minimum absolute atomic E-state index is 0.353. The van der Waals surface area contributed by atoms with E-state index in [-0.39, 0.29) is 0 Å². The molecule has 88 valence electrons. The molecule has 2 nitrogen and oxygen atoms in total. The second-order valence-corrected chi connectivity index (χ2v) is 5.96. The molecule has 0 N–H and O–H groups in total. The highest BCUT2D eigenvalue weighted by molar-refractivity contribution is 7.80. The van der Waals surface area contributed by atoms with E-state index >= 15 is 0 Å². The SMILES string of the molecule is O=C1CC(CS)CN1CC1CC2C=CC1C2. The summed E-state index contributed by atoms with van der Waals surface area (Å²) in [5.74, 6) is 3.99. The molecule has 0 spiro atoms. The van der Waals surface area contributed by atoms with Crippen LogP contribution in [0.2, 0.25) is 0 Å². The van der Waals surface area contributed by atoms with Gasteiger partial charge in [-0.1, -0.05) is 12.2 Å². The summed E-state index contributed by atoms with van der Waals surface area (Å²) in [7, 11) is 0. The summed E-state index contributed by atoms with van der Waals surface area (Å²) in [6, 6.07) is 0. The van der Waals surface area contributed by atoms with Gasteiger partial charge in [0.2, 0.25) is 5.91 Å². The van der Waals surface area contributed by atoms with E-state index in [2.05, 4.69) is 29.7 Å². The molecular weight excluding hydrogens is 218 g/mol. The molecule has 3 heteroatoms. The summed E-state index contributed by atoms with van der Waals surface area (Å²) in [6.07, 6.45) is 8.10. The van der Waals surface area contributed by atoms with E-state index in [0.717, 1.165) is 43.0 Å². The maximum absolute atomic E-state index is 11.8. The van der Waals surface area contributed by atoms with Gasteiger partial charge in [-0.15, -0.1) is 0 Å². The lowest BCUT2D eigenvalue weighted by atomic mass is 9.93. The van der Waals surface area contributed by atoms with Crippen LogP contribution in [0.15, 0.2) is 12.2 Å². The van der Waals surface area contributed by atoms with Crippen molar-refractivity contribution < 1.29 is 4.79 Å². The maximum atomic E-state index is 11.8. The summed E-state index contributed by atoms with van der Waals surface area (Å²) in [6.45, 7) is 1.94. The van der Waals surface area contributed by atoms with E-state index in [1.165, 1.54) is 12.8 Å². The topological polar surface area (TPSA) is 20.3 Å². The molecule has 4 unspecified atom stereocenters. The smallest absolute Gasteiger partial charge is 0.222 e. The zero-order chi connectivity index (χ0) is 11.1. The molecule has 2 bridgehead atoms. The minimum atomic E-state index is 0.353. The van der Waals surface area contributed by atoms with Crippen LogP contribution in [0.3, 0.4) is 0 Å². The first kappa shape index (κ1) is 10.7. The first-order valence-electron chi connectivity index (χ1n) is 6.33. The van der Waals surface area contributed by atoms with Crippen LogP contribution >= 0.6 is 12.6 Å². The van der Waals surface area contributed by atoms with Crippen molar-refractivity contribution in [1.82, 2.24) is 4.90 Å². The summed E-state index contributed by atoms with van der Waals surface area (Å²) < 4.78 is 0. The number of carbonyl (C=O) groups is 1. The Bertz CT molecular complexity index is 328. The third-order valence-corrected chi connectivity index (χ3v) is 4.94. The van der Waals surface area contributed by atoms with Crippen LogP contribution in [0.4, 0.5) is 0 Å². The molecule has 2 aliphatic carbocycles. The monoisotopic (exact) mass is 237 g/mol. The average Bonchev–Trinajstić information content (AvgIpc) is 2.95. The molecule has 1 aliphatic heterocycles. The zero-order valence-electron chi connectivity index (χ0n) is 9.51. The second kappa shape index (κ2) is 4.10. The summed E-state index contributed by atoms with van der Waals surface area (Å²) in [5, 5.41) is 0. The Balaban J connectivity index is 1.59. The van der Waals surface area contributed by atoms with Crippen molar-refractivity contribution in [2.45, 2.75) is 19.3 Å². The van der Waals surface area contributed by atoms with Crippen LogP contribution < -0.4 is 0 Å². The summed E-state index contributed by atoms with van der Waals surface area (Å²) >= 11 is 4.30. The van der Waals surface area contributed by atoms with Crippen LogP contribution in [0, 0.1) is 23.7 Å². The number of amides is 1. The van der Waals surface area contributed by atoms with Crippen LogP contribution in [-0.2, 0) is 4.79 Å². The fraction of sp³-hybridized carbons (Fsp3) is 0.769. The van der Waals surface area contributed by atoms with Gasteiger partial charge >= 0.3 is 0 Å². The Morgan fingerprint density at radius 3 is 2.81 bits per heavy atom. The van der Waals surface area contributed by atoms with Gasteiger partial charge in [0.25, 0.3) is 0 Å². The van der Waals surface area contributed by atoms with Gasteiger partial charge in [-0.05, 0) is 42.3 Å². The highest BCUT2D eigenvalue weighted by Crippen LogP contribution is 2.44. The van der Waals surface area contributed by atoms with Crippen molar-refractivity contribution in [3.63, 3.8) is 0 Å². The quantitative estimate of drug-likeness (QED) is 0.588. The molecule has 3 rings (SSSR count). The van der Waals surface area contributed by atoms with E-state index in [4.69, 9.17) is 0 Å². The molecule has 0 aromatic carbocycles. The van der Waals surface area contributed by atoms with E-state index < -0.39 is 0 Å². The average molecular weight is 237 g/mol. The van der Waals surface area contributed by atoms with Gasteiger partial charge < -0.3 is 4.90 Å². The molecule has 4 atom stereocenters.